The zero-order chi connectivity index (χ0) is 43.0. The molecule has 2 N–H and O–H groups in total. The van der Waals surface area contributed by atoms with Crippen molar-refractivity contribution in [3.8, 4) is 16.9 Å². The second-order valence-corrected chi connectivity index (χ2v) is 20.4. The molecule has 0 spiro atoms. The van der Waals surface area contributed by atoms with Crippen molar-refractivity contribution in [1.29, 1.82) is 0 Å². The number of amides is 1. The summed E-state index contributed by atoms with van der Waals surface area (Å²) in [4.78, 5) is 32.7. The van der Waals surface area contributed by atoms with Gasteiger partial charge in [-0.25, -0.2) is 9.78 Å². The average Bonchev–Trinajstić information content (AvgIpc) is 3.63. The van der Waals surface area contributed by atoms with Crippen LogP contribution in [0.1, 0.15) is 33.6 Å². The van der Waals surface area contributed by atoms with Gasteiger partial charge in [0.15, 0.2) is 6.61 Å². The van der Waals surface area contributed by atoms with Crippen LogP contribution in [0.5, 0.6) is 5.75 Å². The zero-order valence-corrected chi connectivity index (χ0v) is 36.9. The van der Waals surface area contributed by atoms with Gasteiger partial charge in [0.25, 0.3) is 0 Å². The Labute approximate surface area is 355 Å². The zero-order valence-electron chi connectivity index (χ0n) is 34.4. The maximum Gasteiger partial charge on any atom is 0.422 e. The van der Waals surface area contributed by atoms with Gasteiger partial charge >= 0.3 is 12.3 Å². The van der Waals surface area contributed by atoms with E-state index in [4.69, 9.17) is 9.47 Å². The third-order valence-corrected chi connectivity index (χ3v) is 12.5. The molecule has 19 heteroatoms. The SMILES string of the molecule is Cn1cc(-c2cc(Nc3ncc(Br)c(Nc4cnc5ccccc5c4P(C)(C)=O)n3)c(OCC(F)(F)F)cc2N2CCC(N3CCN(C(=O)OC(C)(C)C)CC3)CC2)cn1. The van der Waals surface area contributed by atoms with Crippen LogP contribution in [0.3, 0.4) is 0 Å². The highest BCUT2D eigenvalue weighted by molar-refractivity contribution is 9.10. The number of benzene rings is 2. The van der Waals surface area contributed by atoms with Crippen LogP contribution in [-0.4, -0.2) is 118 Å². The summed E-state index contributed by atoms with van der Waals surface area (Å²) in [7, 11) is -1.04. The van der Waals surface area contributed by atoms with Gasteiger partial charge in [-0.2, -0.15) is 23.3 Å². The third kappa shape index (κ3) is 10.3. The Balaban J connectivity index is 1.16. The van der Waals surface area contributed by atoms with Crippen molar-refractivity contribution in [1.82, 2.24) is 34.5 Å². The number of pyridine rings is 1. The summed E-state index contributed by atoms with van der Waals surface area (Å²) in [6, 6.07) is 11.1. The largest absolute Gasteiger partial charge is 0.482 e. The van der Waals surface area contributed by atoms with Crippen molar-refractivity contribution in [2.24, 2.45) is 7.05 Å². The van der Waals surface area contributed by atoms with Gasteiger partial charge in [-0.3, -0.25) is 14.6 Å². The molecule has 0 unspecified atom stereocenters. The van der Waals surface area contributed by atoms with Crippen LogP contribution in [0.15, 0.2) is 65.7 Å². The number of aryl methyl sites for hydroxylation is 1. The van der Waals surface area contributed by atoms with Crippen molar-refractivity contribution in [3.05, 3.63) is 65.7 Å². The second kappa shape index (κ2) is 17.2. The number of para-hydroxylation sites is 1. The molecule has 0 bridgehead atoms. The van der Waals surface area contributed by atoms with E-state index in [1.807, 2.05) is 51.2 Å². The van der Waals surface area contributed by atoms with E-state index in [0.717, 1.165) is 42.4 Å². The highest BCUT2D eigenvalue weighted by atomic mass is 79.9. The number of nitrogens with zero attached hydrogens (tertiary/aromatic N) is 8. The van der Waals surface area contributed by atoms with E-state index in [0.29, 0.717) is 58.7 Å². The number of anilines is 5. The standard InChI is InChI=1S/C41H49BrF3N10O4P/c1-40(2,3)59-39(56)55-17-15-53(16-18-55)27-11-13-54(14-12-27)34-20-35(58-25-41(43,44)45)32(19-29(34)26-21-48-52(4)24-26)50-38-47-22-30(42)37(51-38)49-33-23-46-31-10-8-7-9-28(31)36(33)60(5,6)57/h7-10,19-24,27H,11-18,25H2,1-6H3,(H2,47,49,50,51). The maximum absolute atomic E-state index is 13.7. The van der Waals surface area contributed by atoms with Crippen molar-refractivity contribution in [2.45, 2.75) is 51.4 Å². The van der Waals surface area contributed by atoms with Gasteiger partial charge < -0.3 is 34.5 Å². The number of piperidine rings is 1. The summed E-state index contributed by atoms with van der Waals surface area (Å²) >= 11 is 3.51. The normalized spacial score (nSPS) is 16.0. The molecule has 5 aromatic rings. The van der Waals surface area contributed by atoms with Gasteiger partial charge in [-0.1, -0.05) is 18.2 Å². The van der Waals surface area contributed by atoms with E-state index < -0.39 is 25.5 Å². The molecule has 60 heavy (non-hydrogen) atoms. The second-order valence-electron chi connectivity index (χ2n) is 16.4. The lowest BCUT2D eigenvalue weighted by molar-refractivity contribution is -0.153. The molecule has 2 aromatic carbocycles. The molecular weight excluding hydrogens is 864 g/mol. The molecule has 0 saturated carbocycles. The molecule has 2 saturated heterocycles. The fraction of sp³-hybridized carbons (Fsp3) is 0.439. The number of piperazine rings is 1. The molecule has 2 fully saturated rings. The van der Waals surface area contributed by atoms with Gasteiger partial charge in [0.1, 0.15) is 24.3 Å². The number of ether oxygens (including phenoxy) is 2. The predicted octanol–water partition coefficient (Wildman–Crippen LogP) is 8.39. The average molecular weight is 914 g/mol. The van der Waals surface area contributed by atoms with E-state index in [-0.39, 0.29) is 29.5 Å². The van der Waals surface area contributed by atoms with E-state index in [9.17, 15) is 22.5 Å². The summed E-state index contributed by atoms with van der Waals surface area (Å²) in [5.41, 5.74) is 3.05. The van der Waals surface area contributed by atoms with Crippen LogP contribution in [-0.2, 0) is 16.3 Å². The van der Waals surface area contributed by atoms with Crippen LogP contribution >= 0.6 is 23.1 Å². The number of carbonyl (C=O) groups excluding carboxylic acids is 1. The van der Waals surface area contributed by atoms with Crippen LogP contribution < -0.4 is 25.6 Å². The van der Waals surface area contributed by atoms with Crippen molar-refractivity contribution in [3.63, 3.8) is 0 Å². The summed E-state index contributed by atoms with van der Waals surface area (Å²) in [5, 5.41) is 12.1. The predicted molar refractivity (Wildman–Crippen MR) is 232 cm³/mol. The third-order valence-electron chi connectivity index (χ3n) is 10.3. The van der Waals surface area contributed by atoms with Crippen molar-refractivity contribution in [2.75, 3.05) is 74.7 Å². The first-order valence-corrected chi connectivity index (χ1v) is 23.0. The van der Waals surface area contributed by atoms with Crippen LogP contribution in [0.25, 0.3) is 22.0 Å². The number of aromatic nitrogens is 5. The molecule has 0 radical (unpaired) electrons. The molecule has 320 valence electrons. The molecule has 7 rings (SSSR count). The Morgan fingerprint density at radius 3 is 2.32 bits per heavy atom. The van der Waals surface area contributed by atoms with E-state index >= 15 is 0 Å². The van der Waals surface area contributed by atoms with Gasteiger partial charge in [0, 0.05) is 98.3 Å². The highest BCUT2D eigenvalue weighted by Crippen LogP contribution is 2.44. The first-order chi connectivity index (χ1) is 28.3. The first kappa shape index (κ1) is 43.2. The molecule has 1 amide bonds. The number of nitrogens with one attached hydrogen (secondary N) is 2. The molecule has 3 aromatic heterocycles. The molecule has 2 aliphatic heterocycles. The number of hydrogen-bond acceptors (Lipinski definition) is 12. The van der Waals surface area contributed by atoms with E-state index in [1.165, 1.54) is 6.20 Å². The van der Waals surface area contributed by atoms with Crippen LogP contribution in [0.4, 0.5) is 46.8 Å². The number of carbonyl (C=O) groups is 1. The summed E-state index contributed by atoms with van der Waals surface area (Å²) < 4.78 is 68.0. The van der Waals surface area contributed by atoms with Crippen LogP contribution in [0.2, 0.25) is 0 Å². The molecule has 5 heterocycles. The lowest BCUT2D eigenvalue weighted by Crippen LogP contribution is -2.55. The van der Waals surface area contributed by atoms with Gasteiger partial charge in [-0.15, -0.1) is 0 Å². The Hall–Kier alpha value is -4.93. The van der Waals surface area contributed by atoms with Crippen LogP contribution in [0, 0.1) is 0 Å². The maximum atomic E-state index is 13.7. The molecular formula is C41H49BrF3N10O4P. The fourth-order valence-electron chi connectivity index (χ4n) is 7.63. The minimum absolute atomic E-state index is 0.0321. The molecule has 14 nitrogen and oxygen atoms in total. The number of rotatable bonds is 10. The lowest BCUT2D eigenvalue weighted by Gasteiger charge is -2.43. The number of halogens is 4. The number of hydrogen-bond donors (Lipinski definition) is 2. The molecule has 2 aliphatic rings. The fourth-order valence-corrected chi connectivity index (χ4v) is 9.38. The summed E-state index contributed by atoms with van der Waals surface area (Å²) in [5.74, 6) is 0.354. The Bertz CT molecular complexity index is 2400. The Kier molecular flexibility index (Phi) is 12.4. The smallest absolute Gasteiger partial charge is 0.422 e. The van der Waals surface area contributed by atoms with E-state index in [1.54, 1.807) is 54.5 Å². The van der Waals surface area contributed by atoms with Crippen molar-refractivity contribution < 1.29 is 32.0 Å². The lowest BCUT2D eigenvalue weighted by atomic mass is 9.98. The Morgan fingerprint density at radius 2 is 1.67 bits per heavy atom. The highest BCUT2D eigenvalue weighted by Gasteiger charge is 2.33. The topological polar surface area (TPSA) is 143 Å². The number of alkyl halides is 3. The first-order valence-electron chi connectivity index (χ1n) is 19.6. The van der Waals surface area contributed by atoms with Gasteiger partial charge in [-0.05, 0) is 75.0 Å². The Morgan fingerprint density at radius 1 is 0.950 bits per heavy atom. The summed E-state index contributed by atoms with van der Waals surface area (Å²) in [6.45, 7) is 11.3. The number of fused-ring (bicyclic) bond motifs is 1. The quantitative estimate of drug-likeness (QED) is 0.130. The monoisotopic (exact) mass is 912 g/mol. The summed E-state index contributed by atoms with van der Waals surface area (Å²) in [6.07, 6.45) is 3.42. The molecule has 0 aliphatic carbocycles. The molecule has 0 atom stereocenters. The minimum atomic E-state index is -4.60. The minimum Gasteiger partial charge on any atom is -0.482 e. The van der Waals surface area contributed by atoms with Crippen molar-refractivity contribution >= 4 is 74.2 Å². The van der Waals surface area contributed by atoms with Gasteiger partial charge in [0.2, 0.25) is 5.95 Å². The van der Waals surface area contributed by atoms with Gasteiger partial charge in [0.05, 0.1) is 33.8 Å². The van der Waals surface area contributed by atoms with E-state index in [2.05, 4.69) is 56.4 Å².